The second-order valence-electron chi connectivity index (χ2n) is 9.39. The minimum absolute atomic E-state index is 0.325. The zero-order valence-electron chi connectivity index (χ0n) is 17.3. The first-order valence-electron chi connectivity index (χ1n) is 11.3. The quantitative estimate of drug-likeness (QED) is 0.720. The third-order valence-electron chi connectivity index (χ3n) is 7.30. The number of ether oxygens (including phenoxy) is 3. The molecule has 0 amide bonds. The van der Waals surface area contributed by atoms with E-state index >= 15 is 0 Å². The van der Waals surface area contributed by atoms with Gasteiger partial charge in [-0.05, 0) is 54.7 Å². The van der Waals surface area contributed by atoms with Gasteiger partial charge in [0.25, 0.3) is 0 Å². The number of hydrogen-bond donors (Lipinski definition) is 1. The Kier molecular flexibility index (Phi) is 5.95. The van der Waals surface area contributed by atoms with Crippen molar-refractivity contribution in [1.82, 2.24) is 9.80 Å². The van der Waals surface area contributed by atoms with Crippen LogP contribution in [0.4, 0.5) is 0 Å². The third kappa shape index (κ3) is 4.71. The topological polar surface area (TPSA) is 54.4 Å². The lowest BCUT2D eigenvalue weighted by Gasteiger charge is -2.35. The molecule has 29 heavy (non-hydrogen) atoms. The number of β-amino-alcohol motifs (C(OH)–C–C–N with tert-alkyl or cyclic N) is 1. The number of rotatable bonds is 8. The van der Waals surface area contributed by atoms with Crippen LogP contribution in [0.15, 0.2) is 18.2 Å². The minimum atomic E-state index is -0.381. The number of aliphatic hydroxyl groups is 1. The average Bonchev–Trinajstić information content (AvgIpc) is 3.46. The molecule has 3 fully saturated rings. The molecule has 2 aliphatic heterocycles. The Morgan fingerprint density at radius 3 is 2.66 bits per heavy atom. The van der Waals surface area contributed by atoms with Crippen molar-refractivity contribution >= 4 is 0 Å². The van der Waals surface area contributed by atoms with Gasteiger partial charge < -0.3 is 19.3 Å². The van der Waals surface area contributed by atoms with Crippen LogP contribution in [0, 0.1) is 17.8 Å². The van der Waals surface area contributed by atoms with E-state index in [-0.39, 0.29) is 6.10 Å². The highest BCUT2D eigenvalue weighted by Gasteiger charge is 2.39. The van der Waals surface area contributed by atoms with Gasteiger partial charge >= 0.3 is 0 Å². The fourth-order valence-electron chi connectivity index (χ4n) is 5.71. The molecule has 2 saturated carbocycles. The van der Waals surface area contributed by atoms with Gasteiger partial charge in [0.15, 0.2) is 11.5 Å². The van der Waals surface area contributed by atoms with Gasteiger partial charge in [-0.25, -0.2) is 0 Å². The van der Waals surface area contributed by atoms with Crippen molar-refractivity contribution in [2.45, 2.75) is 38.3 Å². The Morgan fingerprint density at radius 1 is 1.03 bits per heavy atom. The summed E-state index contributed by atoms with van der Waals surface area (Å²) in [6, 6.07) is 6.21. The van der Waals surface area contributed by atoms with E-state index in [2.05, 4.69) is 21.9 Å². The second kappa shape index (κ2) is 8.80. The van der Waals surface area contributed by atoms with Gasteiger partial charge in [-0.15, -0.1) is 0 Å². The van der Waals surface area contributed by atoms with Gasteiger partial charge in [0, 0.05) is 45.9 Å². The van der Waals surface area contributed by atoms with E-state index < -0.39 is 0 Å². The standard InChI is InChI=1S/C23H34N2O4/c26-21(15-27-14-20-10-17-1-3-19(20)9-17)13-25-7-5-24(6-8-25)12-18-2-4-22-23(11-18)29-16-28-22/h2,4,11,17,19-21,26H,1,3,5-10,12-16H2. The summed E-state index contributed by atoms with van der Waals surface area (Å²) in [5.74, 6) is 4.31. The first-order chi connectivity index (χ1) is 14.2. The lowest BCUT2D eigenvalue weighted by molar-refractivity contribution is -0.00897. The lowest BCUT2D eigenvalue weighted by Crippen LogP contribution is -2.48. The predicted octanol–water partition coefficient (Wildman–Crippen LogP) is 2.35. The summed E-state index contributed by atoms with van der Waals surface area (Å²) in [5.41, 5.74) is 1.26. The van der Waals surface area contributed by atoms with E-state index in [9.17, 15) is 5.11 Å². The molecule has 2 aliphatic carbocycles. The molecule has 160 valence electrons. The van der Waals surface area contributed by atoms with Crippen LogP contribution in [0.3, 0.4) is 0 Å². The summed E-state index contributed by atoms with van der Waals surface area (Å²) in [6.45, 7) is 7.33. The largest absolute Gasteiger partial charge is 0.454 e. The Morgan fingerprint density at radius 2 is 1.86 bits per heavy atom. The van der Waals surface area contributed by atoms with Crippen LogP contribution in [0.25, 0.3) is 0 Å². The predicted molar refractivity (Wildman–Crippen MR) is 110 cm³/mol. The minimum Gasteiger partial charge on any atom is -0.454 e. The van der Waals surface area contributed by atoms with Crippen molar-refractivity contribution in [1.29, 1.82) is 0 Å². The molecular weight excluding hydrogens is 368 g/mol. The Labute approximate surface area is 173 Å². The Balaban J connectivity index is 0.989. The van der Waals surface area contributed by atoms with Crippen LogP contribution >= 0.6 is 0 Å². The molecule has 1 saturated heterocycles. The fourth-order valence-corrected chi connectivity index (χ4v) is 5.71. The molecule has 6 nitrogen and oxygen atoms in total. The van der Waals surface area contributed by atoms with Crippen LogP contribution in [0.2, 0.25) is 0 Å². The van der Waals surface area contributed by atoms with Gasteiger partial charge in [0.2, 0.25) is 6.79 Å². The number of piperazine rings is 1. The second-order valence-corrected chi connectivity index (χ2v) is 9.39. The van der Waals surface area contributed by atoms with Crippen LogP contribution in [-0.2, 0) is 11.3 Å². The molecule has 2 heterocycles. The Bertz CT molecular complexity index is 691. The number of fused-ring (bicyclic) bond motifs is 3. The zero-order chi connectivity index (χ0) is 19.6. The summed E-state index contributed by atoms with van der Waals surface area (Å²) in [6.07, 6.45) is 5.23. The molecule has 5 rings (SSSR count). The van der Waals surface area contributed by atoms with Gasteiger partial charge in [0.05, 0.1) is 12.7 Å². The maximum Gasteiger partial charge on any atom is 0.231 e. The molecule has 0 spiro atoms. The van der Waals surface area contributed by atoms with Gasteiger partial charge in [-0.1, -0.05) is 12.5 Å². The Hall–Kier alpha value is -1.34. The van der Waals surface area contributed by atoms with Crippen LogP contribution in [-0.4, -0.2) is 73.7 Å². The third-order valence-corrected chi connectivity index (χ3v) is 7.30. The van der Waals surface area contributed by atoms with Gasteiger partial charge in [-0.3, -0.25) is 9.80 Å². The molecule has 1 N–H and O–H groups in total. The summed E-state index contributed by atoms with van der Waals surface area (Å²) in [7, 11) is 0. The van der Waals surface area contributed by atoms with Crippen molar-refractivity contribution < 1.29 is 19.3 Å². The van der Waals surface area contributed by atoms with Crippen molar-refractivity contribution in [3.63, 3.8) is 0 Å². The first kappa shape index (κ1) is 19.6. The summed E-state index contributed by atoms with van der Waals surface area (Å²) < 4.78 is 16.8. The smallest absolute Gasteiger partial charge is 0.231 e. The lowest BCUT2D eigenvalue weighted by atomic mass is 9.90. The molecule has 2 bridgehead atoms. The molecule has 6 heteroatoms. The van der Waals surface area contributed by atoms with E-state index in [0.717, 1.165) is 68.6 Å². The zero-order valence-corrected chi connectivity index (χ0v) is 17.3. The molecule has 1 aromatic rings. The first-order valence-corrected chi connectivity index (χ1v) is 11.3. The summed E-state index contributed by atoms with van der Waals surface area (Å²) in [5, 5.41) is 10.4. The fraction of sp³-hybridized carbons (Fsp3) is 0.739. The molecule has 4 atom stereocenters. The number of benzene rings is 1. The molecule has 4 unspecified atom stereocenters. The van der Waals surface area contributed by atoms with Gasteiger partial charge in [-0.2, -0.15) is 0 Å². The molecular formula is C23H34N2O4. The van der Waals surface area contributed by atoms with Crippen molar-refractivity contribution in [2.24, 2.45) is 17.8 Å². The summed E-state index contributed by atoms with van der Waals surface area (Å²) in [4.78, 5) is 4.83. The van der Waals surface area contributed by atoms with Crippen molar-refractivity contribution in [2.75, 3.05) is 52.7 Å². The van der Waals surface area contributed by atoms with Crippen molar-refractivity contribution in [3.8, 4) is 11.5 Å². The normalized spacial score (nSPS) is 30.2. The maximum atomic E-state index is 10.4. The van der Waals surface area contributed by atoms with Crippen molar-refractivity contribution in [3.05, 3.63) is 23.8 Å². The SMILES string of the molecule is OC(COCC1CC2CCC1C2)CN1CCN(Cc2ccc3c(c2)OCO3)CC1. The average molecular weight is 403 g/mol. The van der Waals surface area contributed by atoms with Crippen LogP contribution < -0.4 is 9.47 Å². The van der Waals surface area contributed by atoms with E-state index in [1.807, 2.05) is 6.07 Å². The number of nitrogens with zero attached hydrogens (tertiary/aromatic N) is 2. The van der Waals surface area contributed by atoms with Gasteiger partial charge in [0.1, 0.15) is 0 Å². The number of hydrogen-bond acceptors (Lipinski definition) is 6. The van der Waals surface area contributed by atoms with E-state index in [1.165, 1.54) is 31.2 Å². The van der Waals surface area contributed by atoms with E-state index in [0.29, 0.717) is 19.9 Å². The highest BCUT2D eigenvalue weighted by Crippen LogP contribution is 2.48. The van der Waals surface area contributed by atoms with Crippen LogP contribution in [0.5, 0.6) is 11.5 Å². The van der Waals surface area contributed by atoms with Crippen LogP contribution in [0.1, 0.15) is 31.2 Å². The highest BCUT2D eigenvalue weighted by atomic mass is 16.7. The number of aliphatic hydroxyl groups excluding tert-OH is 1. The van der Waals surface area contributed by atoms with E-state index in [4.69, 9.17) is 14.2 Å². The molecule has 0 radical (unpaired) electrons. The molecule has 4 aliphatic rings. The molecule has 0 aromatic heterocycles. The maximum absolute atomic E-state index is 10.4. The van der Waals surface area contributed by atoms with E-state index in [1.54, 1.807) is 0 Å². The summed E-state index contributed by atoms with van der Waals surface area (Å²) >= 11 is 0. The molecule has 1 aromatic carbocycles. The highest BCUT2D eigenvalue weighted by molar-refractivity contribution is 5.44. The monoisotopic (exact) mass is 402 g/mol.